The molecule has 0 unspecified atom stereocenters. The molecule has 3 rings (SSSR count). The Morgan fingerprint density at radius 3 is 2.46 bits per heavy atom. The first-order valence-electron chi connectivity index (χ1n) is 9.07. The number of nitrogens with zero attached hydrogens (tertiary/aromatic N) is 1. The molecule has 1 fully saturated rings. The summed E-state index contributed by atoms with van der Waals surface area (Å²) in [5.41, 5.74) is 2.88. The summed E-state index contributed by atoms with van der Waals surface area (Å²) in [4.78, 5) is 14.9. The van der Waals surface area contributed by atoms with Gasteiger partial charge in [0, 0.05) is 18.1 Å². The molecule has 0 radical (unpaired) electrons. The molecule has 2 aromatic carbocycles. The molecule has 0 aromatic heterocycles. The van der Waals surface area contributed by atoms with E-state index in [1.165, 1.54) is 45.0 Å². The van der Waals surface area contributed by atoms with E-state index in [9.17, 15) is 4.79 Å². The summed E-state index contributed by atoms with van der Waals surface area (Å²) in [7, 11) is 1.53. The lowest BCUT2D eigenvalue weighted by atomic mass is 10.1. The maximum absolute atomic E-state index is 12.4. The molecule has 26 heavy (non-hydrogen) atoms. The van der Waals surface area contributed by atoms with Gasteiger partial charge in [0.05, 0.1) is 12.7 Å². The number of piperidine rings is 1. The average molecular weight is 373 g/mol. The second-order valence-corrected chi connectivity index (χ2v) is 7.12. The summed E-state index contributed by atoms with van der Waals surface area (Å²) >= 11 is 5.94. The number of likely N-dealkylation sites (tertiary alicyclic amines) is 1. The molecule has 5 heteroatoms. The zero-order valence-corrected chi connectivity index (χ0v) is 15.9. The summed E-state index contributed by atoms with van der Waals surface area (Å²) in [5.74, 6) is 0.308. The van der Waals surface area contributed by atoms with Crippen LogP contribution in [0.4, 0.5) is 0 Å². The Bertz CT molecular complexity index is 740. The molecule has 1 heterocycles. The first-order valence-corrected chi connectivity index (χ1v) is 9.45. The normalized spacial score (nSPS) is 14.8. The molecule has 1 aliphatic heterocycles. The van der Waals surface area contributed by atoms with Crippen LogP contribution in [-0.4, -0.2) is 31.0 Å². The van der Waals surface area contributed by atoms with E-state index in [-0.39, 0.29) is 5.91 Å². The van der Waals surface area contributed by atoms with Gasteiger partial charge in [-0.3, -0.25) is 9.69 Å². The Labute approximate surface area is 160 Å². The average Bonchev–Trinajstić information content (AvgIpc) is 2.68. The first kappa shape index (κ1) is 18.7. The zero-order chi connectivity index (χ0) is 18.4. The molecule has 1 N–H and O–H groups in total. The minimum Gasteiger partial charge on any atom is -0.496 e. The summed E-state index contributed by atoms with van der Waals surface area (Å²) in [5, 5.41) is 3.48. The largest absolute Gasteiger partial charge is 0.496 e. The van der Waals surface area contributed by atoms with Gasteiger partial charge in [0.25, 0.3) is 5.91 Å². The van der Waals surface area contributed by atoms with Crippen molar-refractivity contribution in [3.8, 4) is 5.75 Å². The fourth-order valence-corrected chi connectivity index (χ4v) is 3.43. The minimum absolute atomic E-state index is 0.170. The van der Waals surface area contributed by atoms with E-state index in [1.807, 2.05) is 0 Å². The van der Waals surface area contributed by atoms with Crippen LogP contribution < -0.4 is 10.1 Å². The van der Waals surface area contributed by atoms with Gasteiger partial charge in [-0.1, -0.05) is 42.3 Å². The lowest BCUT2D eigenvalue weighted by Gasteiger charge is -2.26. The highest BCUT2D eigenvalue weighted by Gasteiger charge is 2.13. The van der Waals surface area contributed by atoms with E-state index < -0.39 is 0 Å². The molecular weight excluding hydrogens is 348 g/mol. The molecular formula is C21H25ClN2O2. The lowest BCUT2D eigenvalue weighted by Crippen LogP contribution is -2.29. The standard InChI is InChI=1S/C21H25ClN2O2/c1-26-20-13-18(22)9-10-19(20)21(25)23-14-16-5-7-17(8-6-16)15-24-11-3-2-4-12-24/h5-10,13H,2-4,11-12,14-15H2,1H3,(H,23,25). The van der Waals surface area contributed by atoms with Crippen molar-refractivity contribution in [3.05, 3.63) is 64.2 Å². The summed E-state index contributed by atoms with van der Waals surface area (Å²) in [6.07, 6.45) is 3.96. The highest BCUT2D eigenvalue weighted by atomic mass is 35.5. The van der Waals surface area contributed by atoms with E-state index in [2.05, 4.69) is 34.5 Å². The van der Waals surface area contributed by atoms with Crippen LogP contribution in [0, 0.1) is 0 Å². The third-order valence-electron chi connectivity index (χ3n) is 4.74. The number of halogens is 1. The molecule has 0 aliphatic carbocycles. The van der Waals surface area contributed by atoms with Crippen LogP contribution in [-0.2, 0) is 13.1 Å². The summed E-state index contributed by atoms with van der Waals surface area (Å²) < 4.78 is 5.24. The van der Waals surface area contributed by atoms with Gasteiger partial charge in [0.15, 0.2) is 0 Å². The second kappa shape index (κ2) is 9.06. The summed E-state index contributed by atoms with van der Waals surface area (Å²) in [6.45, 7) is 3.88. The maximum Gasteiger partial charge on any atom is 0.255 e. The van der Waals surface area contributed by atoms with E-state index in [1.54, 1.807) is 18.2 Å². The molecule has 1 aliphatic rings. The van der Waals surface area contributed by atoms with Crippen molar-refractivity contribution < 1.29 is 9.53 Å². The zero-order valence-electron chi connectivity index (χ0n) is 15.1. The topological polar surface area (TPSA) is 41.6 Å². The number of rotatable bonds is 6. The van der Waals surface area contributed by atoms with Gasteiger partial charge in [0.2, 0.25) is 0 Å². The van der Waals surface area contributed by atoms with Crippen molar-refractivity contribution >= 4 is 17.5 Å². The van der Waals surface area contributed by atoms with Gasteiger partial charge in [-0.25, -0.2) is 0 Å². The third-order valence-corrected chi connectivity index (χ3v) is 4.97. The molecule has 138 valence electrons. The molecule has 1 amide bonds. The van der Waals surface area contributed by atoms with Crippen LogP contribution in [0.1, 0.15) is 40.7 Å². The number of benzene rings is 2. The monoisotopic (exact) mass is 372 g/mol. The summed E-state index contributed by atoms with van der Waals surface area (Å²) in [6, 6.07) is 13.5. The Morgan fingerprint density at radius 2 is 1.77 bits per heavy atom. The minimum atomic E-state index is -0.170. The van der Waals surface area contributed by atoms with Crippen LogP contribution in [0.2, 0.25) is 5.02 Å². The van der Waals surface area contributed by atoms with Crippen LogP contribution in [0.15, 0.2) is 42.5 Å². The number of hydrogen-bond donors (Lipinski definition) is 1. The predicted octanol–water partition coefficient (Wildman–Crippen LogP) is 4.26. The molecule has 0 spiro atoms. The van der Waals surface area contributed by atoms with E-state index in [0.717, 1.165) is 12.1 Å². The van der Waals surface area contributed by atoms with Gasteiger partial charge < -0.3 is 10.1 Å². The van der Waals surface area contributed by atoms with Gasteiger partial charge in [-0.15, -0.1) is 0 Å². The Morgan fingerprint density at radius 1 is 1.08 bits per heavy atom. The van der Waals surface area contributed by atoms with Gasteiger partial charge in [-0.2, -0.15) is 0 Å². The number of ether oxygens (including phenoxy) is 1. The van der Waals surface area contributed by atoms with E-state index >= 15 is 0 Å². The van der Waals surface area contributed by atoms with E-state index in [4.69, 9.17) is 16.3 Å². The lowest BCUT2D eigenvalue weighted by molar-refractivity contribution is 0.0948. The Hall–Kier alpha value is -2.04. The molecule has 0 bridgehead atoms. The van der Waals surface area contributed by atoms with Gasteiger partial charge in [-0.05, 0) is 55.3 Å². The van der Waals surface area contributed by atoms with Crippen molar-refractivity contribution in [3.63, 3.8) is 0 Å². The quantitative estimate of drug-likeness (QED) is 0.823. The molecule has 2 aromatic rings. The van der Waals surface area contributed by atoms with Gasteiger partial charge >= 0.3 is 0 Å². The number of amides is 1. The van der Waals surface area contributed by atoms with Crippen molar-refractivity contribution in [1.82, 2.24) is 10.2 Å². The number of nitrogens with one attached hydrogen (secondary N) is 1. The number of methoxy groups -OCH3 is 1. The third kappa shape index (κ3) is 4.99. The smallest absolute Gasteiger partial charge is 0.255 e. The first-order chi connectivity index (χ1) is 12.7. The number of carbonyl (C=O) groups excluding carboxylic acids is 1. The van der Waals surface area contributed by atoms with Crippen LogP contribution >= 0.6 is 11.6 Å². The fourth-order valence-electron chi connectivity index (χ4n) is 3.27. The highest BCUT2D eigenvalue weighted by Crippen LogP contribution is 2.23. The van der Waals surface area contributed by atoms with Crippen molar-refractivity contribution in [2.75, 3.05) is 20.2 Å². The van der Waals surface area contributed by atoms with E-state index in [0.29, 0.717) is 22.9 Å². The second-order valence-electron chi connectivity index (χ2n) is 6.68. The molecule has 1 saturated heterocycles. The van der Waals surface area contributed by atoms with Crippen molar-refractivity contribution in [2.45, 2.75) is 32.4 Å². The Balaban J connectivity index is 1.55. The Kier molecular flexibility index (Phi) is 6.53. The van der Waals surface area contributed by atoms with Crippen LogP contribution in [0.25, 0.3) is 0 Å². The van der Waals surface area contributed by atoms with Crippen LogP contribution in [0.3, 0.4) is 0 Å². The number of carbonyl (C=O) groups is 1. The SMILES string of the molecule is COc1cc(Cl)ccc1C(=O)NCc1ccc(CN2CCCCC2)cc1. The highest BCUT2D eigenvalue weighted by molar-refractivity contribution is 6.30. The maximum atomic E-state index is 12.4. The molecule has 0 atom stereocenters. The molecule has 4 nitrogen and oxygen atoms in total. The number of hydrogen-bond acceptors (Lipinski definition) is 3. The van der Waals surface area contributed by atoms with Crippen molar-refractivity contribution in [2.24, 2.45) is 0 Å². The van der Waals surface area contributed by atoms with Crippen molar-refractivity contribution in [1.29, 1.82) is 0 Å². The van der Waals surface area contributed by atoms with Gasteiger partial charge in [0.1, 0.15) is 5.75 Å². The predicted molar refractivity (Wildman–Crippen MR) is 105 cm³/mol. The molecule has 0 saturated carbocycles. The van der Waals surface area contributed by atoms with Crippen LogP contribution in [0.5, 0.6) is 5.75 Å². The fraction of sp³-hybridized carbons (Fsp3) is 0.381.